The first-order valence-electron chi connectivity index (χ1n) is 10.9. The van der Waals surface area contributed by atoms with Crippen LogP contribution in [-0.4, -0.2) is 23.7 Å². The Hall–Kier alpha value is -2.44. The molecule has 4 rings (SSSR count). The lowest BCUT2D eigenvalue weighted by Crippen LogP contribution is -2.40. The highest BCUT2D eigenvalue weighted by Gasteiger charge is 2.35. The molecule has 0 unspecified atom stereocenters. The first-order valence-corrected chi connectivity index (χ1v) is 12.3. The predicted molar refractivity (Wildman–Crippen MR) is 125 cm³/mol. The number of nitrogens with zero attached hydrogens (tertiary/aromatic N) is 1. The van der Waals surface area contributed by atoms with Crippen molar-refractivity contribution in [1.29, 1.82) is 0 Å². The summed E-state index contributed by atoms with van der Waals surface area (Å²) in [5, 5.41) is 0.918. The van der Waals surface area contributed by atoms with E-state index in [0.717, 1.165) is 58.8 Å². The van der Waals surface area contributed by atoms with Crippen molar-refractivity contribution < 1.29 is 8.42 Å². The average Bonchev–Trinajstić information content (AvgIpc) is 3.20. The Morgan fingerprint density at radius 3 is 2.26 bits per heavy atom. The highest BCUT2D eigenvalue weighted by molar-refractivity contribution is 7.89. The molecule has 1 aromatic heterocycles. The summed E-state index contributed by atoms with van der Waals surface area (Å²) in [6.45, 7) is 7.72. The van der Waals surface area contributed by atoms with Crippen LogP contribution in [0.15, 0.2) is 46.1 Å². The number of benzene rings is 2. The lowest BCUT2D eigenvalue weighted by molar-refractivity contribution is 0.315. The molecule has 1 saturated carbocycles. The molecular weight excluding hydrogens is 408 g/mol. The Labute approximate surface area is 184 Å². The van der Waals surface area contributed by atoms with E-state index in [-0.39, 0.29) is 18.1 Å². The van der Waals surface area contributed by atoms with Crippen molar-refractivity contribution in [3.8, 4) is 0 Å². The summed E-state index contributed by atoms with van der Waals surface area (Å²) in [6, 6.07) is 11.4. The molecule has 0 radical (unpaired) electrons. The van der Waals surface area contributed by atoms with E-state index in [4.69, 9.17) is 0 Å². The van der Waals surface area contributed by atoms with E-state index in [9.17, 15) is 13.2 Å². The zero-order valence-electron chi connectivity index (χ0n) is 18.7. The molecule has 2 aromatic carbocycles. The highest BCUT2D eigenvalue weighted by atomic mass is 32.2. The summed E-state index contributed by atoms with van der Waals surface area (Å²) >= 11 is 0. The van der Waals surface area contributed by atoms with Crippen molar-refractivity contribution in [2.45, 2.75) is 70.9 Å². The van der Waals surface area contributed by atoms with Gasteiger partial charge in [-0.2, -0.15) is 4.31 Å². The molecule has 0 bridgehead atoms. The molecule has 1 heterocycles. The van der Waals surface area contributed by atoms with Crippen LogP contribution in [0.1, 0.15) is 53.5 Å². The van der Waals surface area contributed by atoms with Gasteiger partial charge in [0.05, 0.1) is 10.4 Å². The first kappa shape index (κ1) is 21.8. The van der Waals surface area contributed by atoms with Gasteiger partial charge in [-0.05, 0) is 68.7 Å². The highest BCUT2D eigenvalue weighted by Crippen LogP contribution is 2.33. The minimum absolute atomic E-state index is 0.0823. The largest absolute Gasteiger partial charge is 0.321 e. The number of H-pyrrole nitrogens is 1. The summed E-state index contributed by atoms with van der Waals surface area (Å²) in [6.07, 6.45) is 3.67. The van der Waals surface area contributed by atoms with E-state index in [1.807, 2.05) is 64.1 Å². The Balaban J connectivity index is 1.83. The van der Waals surface area contributed by atoms with Gasteiger partial charge >= 0.3 is 0 Å². The summed E-state index contributed by atoms with van der Waals surface area (Å²) in [5.74, 6) is 0. The molecule has 6 heteroatoms. The normalized spacial score (nSPS) is 15.3. The van der Waals surface area contributed by atoms with E-state index >= 15 is 0 Å². The second kappa shape index (κ2) is 8.24. The summed E-state index contributed by atoms with van der Waals surface area (Å²) in [4.78, 5) is 16.2. The molecule has 164 valence electrons. The number of hydrogen-bond acceptors (Lipinski definition) is 3. The van der Waals surface area contributed by atoms with E-state index in [0.29, 0.717) is 10.5 Å². The molecule has 1 fully saturated rings. The maximum Gasteiger partial charge on any atom is 0.252 e. The van der Waals surface area contributed by atoms with E-state index in [1.165, 1.54) is 0 Å². The number of rotatable bonds is 5. The van der Waals surface area contributed by atoms with Gasteiger partial charge in [0.1, 0.15) is 0 Å². The standard InChI is InChI=1S/C25H30N2O3S/c1-16-12-18(3)24(19(4)13-16)31(29,30)27(22-10-5-6-11-22)15-21-14-20-9-7-8-17(2)23(20)26-25(21)28/h7-9,12-14,22H,5-6,10-11,15H2,1-4H3,(H,26,28). The van der Waals surface area contributed by atoms with Crippen LogP contribution in [0.5, 0.6) is 0 Å². The van der Waals surface area contributed by atoms with E-state index in [2.05, 4.69) is 4.98 Å². The third-order valence-electron chi connectivity index (χ3n) is 6.39. The molecule has 0 amide bonds. The van der Waals surface area contributed by atoms with Crippen molar-refractivity contribution in [3.05, 3.63) is 74.6 Å². The number of pyridine rings is 1. The molecule has 3 aromatic rings. The van der Waals surface area contributed by atoms with Gasteiger partial charge in [-0.3, -0.25) is 4.79 Å². The Morgan fingerprint density at radius 1 is 0.968 bits per heavy atom. The van der Waals surface area contributed by atoms with Crippen LogP contribution >= 0.6 is 0 Å². The molecular formula is C25H30N2O3S. The molecule has 0 aliphatic heterocycles. The number of sulfonamides is 1. The van der Waals surface area contributed by atoms with Crippen LogP contribution < -0.4 is 5.56 Å². The first-order chi connectivity index (χ1) is 14.7. The third-order valence-corrected chi connectivity index (χ3v) is 8.60. The molecule has 31 heavy (non-hydrogen) atoms. The molecule has 1 aliphatic rings. The maximum atomic E-state index is 13.9. The van der Waals surface area contributed by atoms with Crippen LogP contribution in [0.25, 0.3) is 10.9 Å². The van der Waals surface area contributed by atoms with Crippen molar-refractivity contribution in [2.24, 2.45) is 0 Å². The van der Waals surface area contributed by atoms with Crippen molar-refractivity contribution >= 4 is 20.9 Å². The maximum absolute atomic E-state index is 13.9. The zero-order chi connectivity index (χ0) is 22.3. The fourth-order valence-corrected chi connectivity index (χ4v) is 7.09. The summed E-state index contributed by atoms with van der Waals surface area (Å²) < 4.78 is 29.4. The number of fused-ring (bicyclic) bond motifs is 1. The number of aromatic amines is 1. The zero-order valence-corrected chi connectivity index (χ0v) is 19.5. The number of nitrogens with one attached hydrogen (secondary N) is 1. The number of aryl methyl sites for hydroxylation is 4. The van der Waals surface area contributed by atoms with Crippen LogP contribution in [0, 0.1) is 27.7 Å². The molecule has 0 spiro atoms. The fourth-order valence-electron chi connectivity index (χ4n) is 5.01. The minimum atomic E-state index is -3.76. The van der Waals surface area contributed by atoms with Gasteiger partial charge in [-0.15, -0.1) is 0 Å². The fraction of sp³-hybridized carbons (Fsp3) is 0.400. The van der Waals surface area contributed by atoms with Crippen molar-refractivity contribution in [2.75, 3.05) is 0 Å². The number of aromatic nitrogens is 1. The SMILES string of the molecule is Cc1cc(C)c(S(=O)(=O)N(Cc2cc3cccc(C)c3[nH]c2=O)C2CCCC2)c(C)c1. The number of hydrogen-bond donors (Lipinski definition) is 1. The Morgan fingerprint density at radius 2 is 1.61 bits per heavy atom. The van der Waals surface area contributed by atoms with Gasteiger partial charge in [0, 0.05) is 18.2 Å². The molecule has 0 atom stereocenters. The van der Waals surface area contributed by atoms with Gasteiger partial charge in [-0.1, -0.05) is 48.7 Å². The van der Waals surface area contributed by atoms with Crippen LogP contribution in [0.3, 0.4) is 0 Å². The predicted octanol–water partition coefficient (Wildman–Crippen LogP) is 4.90. The molecule has 1 aliphatic carbocycles. The van der Waals surface area contributed by atoms with E-state index < -0.39 is 10.0 Å². The quantitative estimate of drug-likeness (QED) is 0.616. The van der Waals surface area contributed by atoms with E-state index in [1.54, 1.807) is 4.31 Å². The lowest BCUT2D eigenvalue weighted by Gasteiger charge is -2.29. The van der Waals surface area contributed by atoms with Crippen molar-refractivity contribution in [1.82, 2.24) is 9.29 Å². The monoisotopic (exact) mass is 438 g/mol. The van der Waals surface area contributed by atoms with Gasteiger partial charge in [0.25, 0.3) is 5.56 Å². The van der Waals surface area contributed by atoms with Crippen molar-refractivity contribution in [3.63, 3.8) is 0 Å². The van der Waals surface area contributed by atoms with Crippen LogP contribution in [-0.2, 0) is 16.6 Å². The smallest absolute Gasteiger partial charge is 0.252 e. The van der Waals surface area contributed by atoms with Gasteiger partial charge in [-0.25, -0.2) is 8.42 Å². The summed E-state index contributed by atoms with van der Waals surface area (Å²) in [7, 11) is -3.76. The summed E-state index contributed by atoms with van der Waals surface area (Å²) in [5.41, 5.74) is 4.60. The second-order valence-corrected chi connectivity index (χ2v) is 10.7. The Kier molecular flexibility index (Phi) is 5.79. The average molecular weight is 439 g/mol. The lowest BCUT2D eigenvalue weighted by atomic mass is 10.1. The van der Waals surface area contributed by atoms with Gasteiger partial charge < -0.3 is 4.98 Å². The van der Waals surface area contributed by atoms with Gasteiger partial charge in [0.2, 0.25) is 10.0 Å². The number of para-hydroxylation sites is 1. The molecule has 1 N–H and O–H groups in total. The Bertz CT molecular complexity index is 1280. The van der Waals surface area contributed by atoms with Gasteiger partial charge in [0.15, 0.2) is 0 Å². The topological polar surface area (TPSA) is 70.2 Å². The third kappa shape index (κ3) is 4.06. The minimum Gasteiger partial charge on any atom is -0.321 e. The molecule has 0 saturated heterocycles. The van der Waals surface area contributed by atoms with Crippen LogP contribution in [0.4, 0.5) is 0 Å². The van der Waals surface area contributed by atoms with Crippen LogP contribution in [0.2, 0.25) is 0 Å². The molecule has 5 nitrogen and oxygen atoms in total. The second-order valence-electron chi connectivity index (χ2n) is 8.88.